The predicted molar refractivity (Wildman–Crippen MR) is 59.5 cm³/mol. The number of hydrogen-bond acceptors (Lipinski definition) is 2. The van der Waals surface area contributed by atoms with E-state index in [2.05, 4.69) is 4.98 Å². The molecule has 1 aliphatic carbocycles. The Hall–Kier alpha value is -1.72. The van der Waals surface area contributed by atoms with E-state index in [9.17, 15) is 13.2 Å². The van der Waals surface area contributed by atoms with Gasteiger partial charge in [-0.2, -0.15) is 13.2 Å². The maximum Gasteiger partial charge on any atom is 0.411 e. The van der Waals surface area contributed by atoms with E-state index < -0.39 is 11.7 Å². The Bertz CT molecular complexity index is 599. The van der Waals surface area contributed by atoms with E-state index >= 15 is 0 Å². The van der Waals surface area contributed by atoms with Crippen LogP contribution in [-0.4, -0.2) is 22.8 Å². The van der Waals surface area contributed by atoms with Crippen molar-refractivity contribution >= 4 is 11.0 Å². The van der Waals surface area contributed by atoms with E-state index in [4.69, 9.17) is 4.74 Å². The summed E-state index contributed by atoms with van der Waals surface area (Å²) < 4.78 is 45.5. The van der Waals surface area contributed by atoms with Gasteiger partial charge in [0.1, 0.15) is 11.3 Å². The molecule has 1 aliphatic rings. The minimum Gasteiger partial charge on any atom is -0.497 e. The Kier molecular flexibility index (Phi) is 2.15. The number of methoxy groups -OCH3 is 1. The molecule has 0 atom stereocenters. The zero-order valence-corrected chi connectivity index (χ0v) is 9.66. The van der Waals surface area contributed by atoms with Gasteiger partial charge in [0.2, 0.25) is 0 Å². The first-order chi connectivity index (χ1) is 8.48. The van der Waals surface area contributed by atoms with Gasteiger partial charge in [-0.15, -0.1) is 0 Å². The Morgan fingerprint density at radius 1 is 1.33 bits per heavy atom. The van der Waals surface area contributed by atoms with Crippen LogP contribution < -0.4 is 4.74 Å². The van der Waals surface area contributed by atoms with Crippen molar-refractivity contribution in [2.24, 2.45) is 0 Å². The largest absolute Gasteiger partial charge is 0.497 e. The van der Waals surface area contributed by atoms with Crippen LogP contribution in [0.25, 0.3) is 11.0 Å². The molecule has 0 bridgehead atoms. The summed E-state index contributed by atoms with van der Waals surface area (Å²) >= 11 is 0. The van der Waals surface area contributed by atoms with E-state index in [1.54, 1.807) is 18.2 Å². The second kappa shape index (κ2) is 3.40. The van der Waals surface area contributed by atoms with Gasteiger partial charge in [-0.25, -0.2) is 4.98 Å². The number of fused-ring (bicyclic) bond motifs is 1. The number of halogens is 3. The average molecular weight is 256 g/mol. The van der Waals surface area contributed by atoms with E-state index in [1.807, 2.05) is 0 Å². The first-order valence-electron chi connectivity index (χ1n) is 5.56. The molecule has 1 heterocycles. The monoisotopic (exact) mass is 256 g/mol. The van der Waals surface area contributed by atoms with E-state index in [0.717, 1.165) is 0 Å². The molecular weight excluding hydrogens is 245 g/mol. The van der Waals surface area contributed by atoms with E-state index in [-0.39, 0.29) is 12.8 Å². The van der Waals surface area contributed by atoms with Gasteiger partial charge in [0.05, 0.1) is 24.5 Å². The quantitative estimate of drug-likeness (QED) is 0.825. The molecule has 1 aromatic heterocycles. The van der Waals surface area contributed by atoms with Gasteiger partial charge >= 0.3 is 6.18 Å². The van der Waals surface area contributed by atoms with Crippen molar-refractivity contribution in [1.29, 1.82) is 0 Å². The second-order valence-electron chi connectivity index (χ2n) is 4.50. The molecular formula is C12H11F3N2O. The molecule has 96 valence electrons. The molecule has 1 fully saturated rings. The number of ether oxygens (including phenoxy) is 1. The average Bonchev–Trinajstić information content (AvgIpc) is 3.03. The van der Waals surface area contributed by atoms with Gasteiger partial charge in [-0.3, -0.25) is 0 Å². The lowest BCUT2D eigenvalue weighted by Gasteiger charge is -2.21. The lowest BCUT2D eigenvalue weighted by Crippen LogP contribution is -2.34. The number of rotatable bonds is 2. The highest BCUT2D eigenvalue weighted by atomic mass is 19.4. The Morgan fingerprint density at radius 2 is 2.06 bits per heavy atom. The van der Waals surface area contributed by atoms with Crippen LogP contribution in [0, 0.1) is 0 Å². The summed E-state index contributed by atoms with van der Waals surface area (Å²) in [5.41, 5.74) is -0.760. The van der Waals surface area contributed by atoms with E-state index in [1.165, 1.54) is 18.0 Å². The molecule has 0 aliphatic heterocycles. The first-order valence-corrected chi connectivity index (χ1v) is 5.56. The summed E-state index contributed by atoms with van der Waals surface area (Å²) in [5, 5.41) is 0. The van der Waals surface area contributed by atoms with Crippen LogP contribution in [0.1, 0.15) is 12.8 Å². The van der Waals surface area contributed by atoms with Crippen LogP contribution in [0.2, 0.25) is 0 Å². The van der Waals surface area contributed by atoms with Crippen molar-refractivity contribution in [2.75, 3.05) is 7.11 Å². The molecule has 0 N–H and O–H groups in total. The number of alkyl halides is 3. The van der Waals surface area contributed by atoms with Crippen molar-refractivity contribution in [2.45, 2.75) is 24.6 Å². The summed E-state index contributed by atoms with van der Waals surface area (Å²) in [6.45, 7) is 0. The maximum atomic E-state index is 13.1. The smallest absolute Gasteiger partial charge is 0.411 e. The molecule has 2 aromatic rings. The molecule has 0 spiro atoms. The fourth-order valence-corrected chi connectivity index (χ4v) is 2.23. The Balaban J connectivity index is 2.18. The number of aromatic nitrogens is 2. The number of imidazole rings is 1. The van der Waals surface area contributed by atoms with Crippen molar-refractivity contribution in [3.05, 3.63) is 24.5 Å². The third kappa shape index (κ3) is 1.41. The molecule has 0 radical (unpaired) electrons. The SMILES string of the molecule is COc1ccc2ncn(C3(C(F)(F)F)CC3)c2c1. The van der Waals surface area contributed by atoms with Crippen molar-refractivity contribution in [3.63, 3.8) is 0 Å². The van der Waals surface area contributed by atoms with Crippen LogP contribution in [-0.2, 0) is 5.54 Å². The molecule has 6 heteroatoms. The van der Waals surface area contributed by atoms with Gasteiger partial charge in [-0.05, 0) is 25.0 Å². The Morgan fingerprint density at radius 3 is 2.61 bits per heavy atom. The molecule has 18 heavy (non-hydrogen) atoms. The van der Waals surface area contributed by atoms with Crippen LogP contribution in [0.4, 0.5) is 13.2 Å². The second-order valence-corrected chi connectivity index (χ2v) is 4.50. The van der Waals surface area contributed by atoms with Crippen LogP contribution in [0.5, 0.6) is 5.75 Å². The fourth-order valence-electron chi connectivity index (χ4n) is 2.23. The summed E-state index contributed by atoms with van der Waals surface area (Å²) in [7, 11) is 1.48. The highest BCUT2D eigenvalue weighted by Crippen LogP contribution is 2.56. The molecule has 3 rings (SSSR count). The predicted octanol–water partition coefficient (Wildman–Crippen LogP) is 3.10. The molecule has 0 amide bonds. The standard InChI is InChI=1S/C12H11F3N2O/c1-18-8-2-3-9-10(6-8)17(7-16-9)11(4-5-11)12(13,14)15/h2-3,6-7H,4-5H2,1H3. The summed E-state index contributed by atoms with van der Waals surface area (Å²) in [6, 6.07) is 4.94. The lowest BCUT2D eigenvalue weighted by atomic mass is 10.2. The van der Waals surface area contributed by atoms with E-state index in [0.29, 0.717) is 16.8 Å². The summed E-state index contributed by atoms with van der Waals surface area (Å²) in [5.74, 6) is 0.530. The molecule has 1 aromatic carbocycles. The van der Waals surface area contributed by atoms with Crippen LogP contribution >= 0.6 is 0 Å². The minimum absolute atomic E-state index is 0.110. The summed E-state index contributed by atoms with van der Waals surface area (Å²) in [6.07, 6.45) is -2.76. The molecule has 1 saturated carbocycles. The highest BCUT2D eigenvalue weighted by Gasteiger charge is 2.65. The lowest BCUT2D eigenvalue weighted by molar-refractivity contribution is -0.178. The number of nitrogens with zero attached hydrogens (tertiary/aromatic N) is 2. The summed E-state index contributed by atoms with van der Waals surface area (Å²) in [4.78, 5) is 4.02. The number of benzene rings is 1. The van der Waals surface area contributed by atoms with Gasteiger partial charge in [-0.1, -0.05) is 0 Å². The zero-order valence-electron chi connectivity index (χ0n) is 9.66. The topological polar surface area (TPSA) is 27.1 Å². The minimum atomic E-state index is -4.25. The van der Waals surface area contributed by atoms with Crippen LogP contribution in [0.15, 0.2) is 24.5 Å². The third-order valence-corrected chi connectivity index (χ3v) is 3.47. The van der Waals surface area contributed by atoms with Gasteiger partial charge in [0, 0.05) is 6.07 Å². The maximum absolute atomic E-state index is 13.1. The molecule has 0 saturated heterocycles. The van der Waals surface area contributed by atoms with Gasteiger partial charge < -0.3 is 9.30 Å². The zero-order chi connectivity index (χ0) is 13.0. The van der Waals surface area contributed by atoms with Crippen molar-refractivity contribution in [3.8, 4) is 5.75 Å². The van der Waals surface area contributed by atoms with Crippen molar-refractivity contribution in [1.82, 2.24) is 9.55 Å². The number of hydrogen-bond donors (Lipinski definition) is 0. The van der Waals surface area contributed by atoms with Gasteiger partial charge in [0.15, 0.2) is 0 Å². The van der Waals surface area contributed by atoms with Crippen LogP contribution in [0.3, 0.4) is 0 Å². The van der Waals surface area contributed by atoms with Crippen molar-refractivity contribution < 1.29 is 17.9 Å². The Labute approximate surface area is 101 Å². The first kappa shape index (κ1) is 11.4. The highest BCUT2D eigenvalue weighted by molar-refractivity contribution is 5.77. The third-order valence-electron chi connectivity index (χ3n) is 3.47. The molecule has 0 unspecified atom stereocenters. The molecule has 3 nitrogen and oxygen atoms in total. The normalized spacial score (nSPS) is 18.0. The fraction of sp³-hybridized carbons (Fsp3) is 0.417. The van der Waals surface area contributed by atoms with Gasteiger partial charge in [0.25, 0.3) is 0 Å².